The largest absolute Gasteiger partial charge is 0.481 e. The summed E-state index contributed by atoms with van der Waals surface area (Å²) >= 11 is 0. The zero-order chi connectivity index (χ0) is 9.56. The van der Waals surface area contributed by atoms with E-state index < -0.39 is 5.97 Å². The number of methoxy groups -OCH3 is 1. The average Bonchev–Trinajstić information content (AvgIpc) is 2.00. The van der Waals surface area contributed by atoms with Crippen LogP contribution in [-0.4, -0.2) is 24.8 Å². The molecule has 0 aliphatic heterocycles. The highest BCUT2D eigenvalue weighted by atomic mass is 16.5. The molecule has 0 aliphatic rings. The van der Waals surface area contributed by atoms with E-state index in [1.165, 1.54) is 0 Å². The number of carboxylic acid groups (broad SMARTS) is 1. The molecule has 12 heavy (non-hydrogen) atoms. The van der Waals surface area contributed by atoms with E-state index in [1.807, 2.05) is 13.0 Å². The Labute approximate surface area is 73.0 Å². The van der Waals surface area contributed by atoms with E-state index in [4.69, 9.17) is 9.84 Å². The molecule has 0 aromatic heterocycles. The van der Waals surface area contributed by atoms with Gasteiger partial charge in [0.1, 0.15) is 0 Å². The number of aliphatic carboxylic acids is 1. The first kappa shape index (κ1) is 11.2. The summed E-state index contributed by atoms with van der Waals surface area (Å²) in [4.78, 5) is 10.4. The summed E-state index contributed by atoms with van der Waals surface area (Å²) in [6, 6.07) is 0. The predicted octanol–water partition coefficient (Wildman–Crippen LogP) is 1.69. The Morgan fingerprint density at radius 1 is 1.67 bits per heavy atom. The maximum atomic E-state index is 10.4. The first-order valence-electron chi connectivity index (χ1n) is 3.95. The van der Waals surface area contributed by atoms with Crippen molar-refractivity contribution >= 4 is 5.97 Å². The third kappa shape index (κ3) is 4.91. The van der Waals surface area contributed by atoms with Crippen molar-refractivity contribution in [3.63, 3.8) is 0 Å². The molecule has 0 fully saturated rings. The summed E-state index contributed by atoms with van der Waals surface area (Å²) < 4.78 is 4.88. The number of hydrogen-bond donors (Lipinski definition) is 1. The Bertz CT molecular complexity index is 173. The lowest BCUT2D eigenvalue weighted by atomic mass is 10.1. The van der Waals surface area contributed by atoms with Gasteiger partial charge in [0.2, 0.25) is 0 Å². The van der Waals surface area contributed by atoms with E-state index in [0.29, 0.717) is 13.0 Å². The minimum Gasteiger partial charge on any atom is -0.481 e. The first-order chi connectivity index (χ1) is 5.57. The van der Waals surface area contributed by atoms with Gasteiger partial charge in [-0.25, -0.2) is 0 Å². The Morgan fingerprint density at radius 2 is 2.25 bits per heavy atom. The minimum atomic E-state index is -0.753. The number of ether oxygens (including phenoxy) is 1. The van der Waals surface area contributed by atoms with E-state index in [0.717, 1.165) is 5.57 Å². The van der Waals surface area contributed by atoms with Crippen molar-refractivity contribution in [2.75, 3.05) is 13.7 Å². The Morgan fingerprint density at radius 3 is 2.67 bits per heavy atom. The van der Waals surface area contributed by atoms with Gasteiger partial charge in [0, 0.05) is 7.11 Å². The van der Waals surface area contributed by atoms with Gasteiger partial charge in [0.05, 0.1) is 12.5 Å². The molecule has 0 bridgehead atoms. The predicted molar refractivity (Wildman–Crippen MR) is 47.0 cm³/mol. The minimum absolute atomic E-state index is 0.309. The lowest BCUT2D eigenvalue weighted by molar-refractivity contribution is -0.140. The van der Waals surface area contributed by atoms with Crippen LogP contribution in [0.4, 0.5) is 0 Å². The summed E-state index contributed by atoms with van der Waals surface area (Å²) in [5.41, 5.74) is 1.07. The highest BCUT2D eigenvalue weighted by molar-refractivity contribution is 5.69. The van der Waals surface area contributed by atoms with Crippen molar-refractivity contribution in [3.8, 4) is 0 Å². The molecule has 0 amide bonds. The van der Waals surface area contributed by atoms with E-state index in [1.54, 1.807) is 14.0 Å². The lowest BCUT2D eigenvalue weighted by Gasteiger charge is -2.02. The number of carboxylic acids is 1. The molecule has 0 spiro atoms. The number of hydrogen-bond acceptors (Lipinski definition) is 2. The van der Waals surface area contributed by atoms with Gasteiger partial charge < -0.3 is 9.84 Å². The van der Waals surface area contributed by atoms with Gasteiger partial charge >= 0.3 is 5.97 Å². The molecular weight excluding hydrogens is 156 g/mol. The highest BCUT2D eigenvalue weighted by Crippen LogP contribution is 2.05. The van der Waals surface area contributed by atoms with Crippen molar-refractivity contribution < 1.29 is 14.6 Å². The van der Waals surface area contributed by atoms with Crippen LogP contribution < -0.4 is 0 Å². The molecule has 3 heteroatoms. The van der Waals surface area contributed by atoms with E-state index in [9.17, 15) is 4.79 Å². The van der Waals surface area contributed by atoms with Crippen molar-refractivity contribution in [1.29, 1.82) is 0 Å². The zero-order valence-electron chi connectivity index (χ0n) is 7.83. The van der Waals surface area contributed by atoms with Gasteiger partial charge in [0.15, 0.2) is 0 Å². The quantitative estimate of drug-likeness (QED) is 0.642. The lowest BCUT2D eigenvalue weighted by Crippen LogP contribution is -2.08. The maximum absolute atomic E-state index is 10.4. The smallest absolute Gasteiger partial charge is 0.306 e. The normalized spacial score (nSPS) is 14.4. The van der Waals surface area contributed by atoms with Crippen LogP contribution in [0.25, 0.3) is 0 Å². The molecule has 0 aromatic rings. The fourth-order valence-electron chi connectivity index (χ4n) is 0.765. The second kappa shape index (κ2) is 5.77. The van der Waals surface area contributed by atoms with Crippen LogP contribution in [0.1, 0.15) is 20.3 Å². The zero-order valence-corrected chi connectivity index (χ0v) is 7.83. The van der Waals surface area contributed by atoms with Crippen molar-refractivity contribution in [2.24, 2.45) is 5.92 Å². The molecular formula is C9H16O3. The van der Waals surface area contributed by atoms with Gasteiger partial charge in [-0.05, 0) is 13.3 Å². The van der Waals surface area contributed by atoms with Gasteiger partial charge in [-0.15, -0.1) is 0 Å². The second-order valence-electron chi connectivity index (χ2n) is 2.96. The average molecular weight is 172 g/mol. The van der Waals surface area contributed by atoms with Crippen LogP contribution >= 0.6 is 0 Å². The van der Waals surface area contributed by atoms with Gasteiger partial charge in [-0.2, -0.15) is 0 Å². The highest BCUT2D eigenvalue weighted by Gasteiger charge is 2.07. The van der Waals surface area contributed by atoms with E-state index >= 15 is 0 Å². The Hall–Kier alpha value is -0.830. The van der Waals surface area contributed by atoms with Crippen LogP contribution in [0.2, 0.25) is 0 Å². The molecule has 0 saturated carbocycles. The third-order valence-corrected chi connectivity index (χ3v) is 1.61. The van der Waals surface area contributed by atoms with Crippen LogP contribution in [0, 0.1) is 5.92 Å². The second-order valence-corrected chi connectivity index (χ2v) is 2.96. The van der Waals surface area contributed by atoms with Crippen molar-refractivity contribution in [2.45, 2.75) is 20.3 Å². The molecule has 0 radical (unpaired) electrons. The fraction of sp³-hybridized carbons (Fsp3) is 0.667. The molecule has 3 nitrogen and oxygen atoms in total. The molecule has 1 N–H and O–H groups in total. The maximum Gasteiger partial charge on any atom is 0.306 e. The number of allylic oxidation sites excluding steroid dienone is 1. The summed E-state index contributed by atoms with van der Waals surface area (Å²) in [6.45, 7) is 4.20. The number of rotatable bonds is 5. The molecule has 1 unspecified atom stereocenters. The van der Waals surface area contributed by atoms with Crippen molar-refractivity contribution in [3.05, 3.63) is 11.6 Å². The summed E-state index contributed by atoms with van der Waals surface area (Å²) in [7, 11) is 1.62. The van der Waals surface area contributed by atoms with Crippen LogP contribution in [0.15, 0.2) is 11.6 Å². The van der Waals surface area contributed by atoms with Crippen LogP contribution in [0.5, 0.6) is 0 Å². The van der Waals surface area contributed by atoms with Gasteiger partial charge in [-0.3, -0.25) is 4.79 Å². The molecule has 70 valence electrons. The topological polar surface area (TPSA) is 46.5 Å². The van der Waals surface area contributed by atoms with E-state index in [-0.39, 0.29) is 5.92 Å². The third-order valence-electron chi connectivity index (χ3n) is 1.61. The molecule has 0 aromatic carbocycles. The monoisotopic (exact) mass is 172 g/mol. The summed E-state index contributed by atoms with van der Waals surface area (Å²) in [6.07, 6.45) is 2.48. The van der Waals surface area contributed by atoms with Crippen LogP contribution in [0.3, 0.4) is 0 Å². The summed E-state index contributed by atoms with van der Waals surface area (Å²) in [5.74, 6) is -1.06. The van der Waals surface area contributed by atoms with Gasteiger partial charge in [0.25, 0.3) is 0 Å². The molecule has 0 saturated heterocycles. The first-order valence-corrected chi connectivity index (χ1v) is 3.95. The number of carbonyl (C=O) groups is 1. The standard InChI is InChI=1S/C9H16O3/c1-7(6-12-3)4-5-8(2)9(10)11/h4,8H,5-6H2,1-3H3,(H,10,11)/b7-4-. The van der Waals surface area contributed by atoms with Gasteiger partial charge in [-0.1, -0.05) is 18.6 Å². The molecule has 1 atom stereocenters. The van der Waals surface area contributed by atoms with Crippen LogP contribution in [-0.2, 0) is 9.53 Å². The Kier molecular flexibility index (Phi) is 5.37. The molecule has 0 heterocycles. The van der Waals surface area contributed by atoms with Crippen molar-refractivity contribution in [1.82, 2.24) is 0 Å². The molecule has 0 aliphatic carbocycles. The SMILES string of the molecule is COC/C(C)=C\CC(C)C(=O)O. The fourth-order valence-corrected chi connectivity index (χ4v) is 0.765. The van der Waals surface area contributed by atoms with E-state index in [2.05, 4.69) is 0 Å². The Balaban J connectivity index is 3.78. The molecule has 0 rings (SSSR count). The summed E-state index contributed by atoms with van der Waals surface area (Å²) in [5, 5.41) is 8.56.